The molecular weight excluding hydrogens is 280 g/mol. The highest BCUT2D eigenvalue weighted by atomic mass is 16.3. The first-order chi connectivity index (χ1) is 10.6. The Morgan fingerprint density at radius 3 is 2.86 bits per heavy atom. The van der Waals surface area contributed by atoms with E-state index >= 15 is 0 Å². The van der Waals surface area contributed by atoms with Gasteiger partial charge in [-0.1, -0.05) is 24.3 Å². The quantitative estimate of drug-likeness (QED) is 0.896. The standard InChI is InChI=1S/C17H18N2O3/c1-2-19-8-7-12(10-15(19)21)17(22)18-16-13-6-4-3-5-11(13)9-14(16)20/h3-8,10,14,16,20H,2,9H2,1H3,(H,18,22)/t14-,16-/m1/s1. The Labute approximate surface area is 128 Å². The molecule has 2 aromatic rings. The molecule has 1 aliphatic rings. The minimum atomic E-state index is -0.641. The predicted molar refractivity (Wildman–Crippen MR) is 82.7 cm³/mol. The van der Waals surface area contributed by atoms with Crippen LogP contribution in [0, 0.1) is 0 Å². The largest absolute Gasteiger partial charge is 0.390 e. The number of aryl methyl sites for hydroxylation is 1. The SMILES string of the molecule is CCn1ccc(C(=O)N[C@@H]2c3ccccc3C[C@H]2O)cc1=O. The summed E-state index contributed by atoms with van der Waals surface area (Å²) < 4.78 is 1.52. The van der Waals surface area contributed by atoms with Crippen molar-refractivity contribution in [2.24, 2.45) is 0 Å². The van der Waals surface area contributed by atoms with E-state index in [4.69, 9.17) is 0 Å². The normalized spacial score (nSPS) is 19.7. The maximum Gasteiger partial charge on any atom is 0.252 e. The lowest BCUT2D eigenvalue weighted by Gasteiger charge is -2.18. The lowest BCUT2D eigenvalue weighted by atomic mass is 10.1. The number of amides is 1. The second-order valence-corrected chi connectivity index (χ2v) is 5.46. The summed E-state index contributed by atoms with van der Waals surface area (Å²) >= 11 is 0. The number of aromatic nitrogens is 1. The zero-order valence-electron chi connectivity index (χ0n) is 12.3. The number of carbonyl (C=O) groups excluding carboxylic acids is 1. The van der Waals surface area contributed by atoms with E-state index in [-0.39, 0.29) is 11.5 Å². The summed E-state index contributed by atoms with van der Waals surface area (Å²) in [6.45, 7) is 2.43. The second kappa shape index (κ2) is 5.77. The van der Waals surface area contributed by atoms with Crippen LogP contribution >= 0.6 is 0 Å². The van der Waals surface area contributed by atoms with Crippen LogP contribution in [0.25, 0.3) is 0 Å². The van der Waals surface area contributed by atoms with Crippen LogP contribution in [-0.2, 0) is 13.0 Å². The first-order valence-electron chi connectivity index (χ1n) is 7.37. The molecule has 0 fully saturated rings. The summed E-state index contributed by atoms with van der Waals surface area (Å²) in [6.07, 6.45) is 1.49. The lowest BCUT2D eigenvalue weighted by Crippen LogP contribution is -2.34. The van der Waals surface area contributed by atoms with Crippen molar-refractivity contribution in [3.8, 4) is 0 Å². The molecule has 1 aliphatic carbocycles. The third kappa shape index (κ3) is 2.55. The number of rotatable bonds is 3. The highest BCUT2D eigenvalue weighted by Gasteiger charge is 2.32. The van der Waals surface area contributed by atoms with Crippen LogP contribution in [0.2, 0.25) is 0 Å². The molecule has 0 unspecified atom stereocenters. The van der Waals surface area contributed by atoms with Crippen molar-refractivity contribution in [2.75, 3.05) is 0 Å². The van der Waals surface area contributed by atoms with Gasteiger partial charge < -0.3 is 15.0 Å². The molecule has 0 saturated carbocycles. The molecule has 22 heavy (non-hydrogen) atoms. The summed E-state index contributed by atoms with van der Waals surface area (Å²) in [5, 5.41) is 13.0. The average Bonchev–Trinajstić information content (AvgIpc) is 2.83. The Morgan fingerprint density at radius 2 is 2.14 bits per heavy atom. The third-order valence-electron chi connectivity index (χ3n) is 4.09. The number of fused-ring (bicyclic) bond motifs is 1. The van der Waals surface area contributed by atoms with Crippen LogP contribution < -0.4 is 10.9 Å². The van der Waals surface area contributed by atoms with Gasteiger partial charge in [-0.15, -0.1) is 0 Å². The number of aliphatic hydroxyl groups excluding tert-OH is 1. The van der Waals surface area contributed by atoms with Crippen LogP contribution in [0.5, 0.6) is 0 Å². The fourth-order valence-electron chi connectivity index (χ4n) is 2.88. The second-order valence-electron chi connectivity index (χ2n) is 5.46. The van der Waals surface area contributed by atoms with Crippen LogP contribution in [0.15, 0.2) is 47.4 Å². The Kier molecular flexibility index (Phi) is 3.81. The van der Waals surface area contributed by atoms with Gasteiger partial charge in [0.05, 0.1) is 12.1 Å². The van der Waals surface area contributed by atoms with Gasteiger partial charge in [0.2, 0.25) is 0 Å². The number of pyridine rings is 1. The Balaban J connectivity index is 1.83. The molecule has 1 aromatic heterocycles. The maximum absolute atomic E-state index is 12.3. The molecule has 2 atom stereocenters. The summed E-state index contributed by atoms with van der Waals surface area (Å²) in [7, 11) is 0. The van der Waals surface area contributed by atoms with Gasteiger partial charge in [-0.25, -0.2) is 0 Å². The van der Waals surface area contributed by atoms with Crippen molar-refractivity contribution >= 4 is 5.91 Å². The van der Waals surface area contributed by atoms with Crippen molar-refractivity contribution in [3.05, 3.63) is 69.6 Å². The van der Waals surface area contributed by atoms with E-state index in [1.807, 2.05) is 31.2 Å². The molecule has 0 spiro atoms. The number of benzene rings is 1. The zero-order valence-corrected chi connectivity index (χ0v) is 12.3. The fraction of sp³-hybridized carbons (Fsp3) is 0.294. The van der Waals surface area contributed by atoms with Crippen molar-refractivity contribution in [1.29, 1.82) is 0 Å². The maximum atomic E-state index is 12.3. The van der Waals surface area contributed by atoms with E-state index in [0.29, 0.717) is 18.5 Å². The van der Waals surface area contributed by atoms with Gasteiger partial charge in [0.15, 0.2) is 0 Å². The number of aliphatic hydroxyl groups is 1. The first kappa shape index (κ1) is 14.5. The molecular formula is C17H18N2O3. The minimum absolute atomic E-state index is 0.206. The van der Waals surface area contributed by atoms with E-state index in [0.717, 1.165) is 11.1 Å². The number of nitrogens with one attached hydrogen (secondary N) is 1. The van der Waals surface area contributed by atoms with Gasteiger partial charge in [-0.2, -0.15) is 0 Å². The zero-order chi connectivity index (χ0) is 15.7. The van der Waals surface area contributed by atoms with E-state index in [2.05, 4.69) is 5.32 Å². The van der Waals surface area contributed by atoms with Crippen LogP contribution in [0.1, 0.15) is 34.5 Å². The molecule has 114 valence electrons. The molecule has 3 rings (SSSR count). The number of carbonyl (C=O) groups is 1. The minimum Gasteiger partial charge on any atom is -0.390 e. The fourth-order valence-corrected chi connectivity index (χ4v) is 2.88. The smallest absolute Gasteiger partial charge is 0.252 e. The summed E-state index contributed by atoms with van der Waals surface area (Å²) in [5.74, 6) is -0.346. The van der Waals surface area contributed by atoms with E-state index in [1.54, 1.807) is 12.3 Å². The lowest BCUT2D eigenvalue weighted by molar-refractivity contribution is 0.0858. The van der Waals surface area contributed by atoms with Crippen LogP contribution in [0.4, 0.5) is 0 Å². The molecule has 1 heterocycles. The van der Waals surface area contributed by atoms with Crippen molar-refractivity contribution in [3.63, 3.8) is 0 Å². The molecule has 1 aromatic carbocycles. The monoisotopic (exact) mass is 298 g/mol. The first-order valence-corrected chi connectivity index (χ1v) is 7.37. The van der Waals surface area contributed by atoms with Gasteiger partial charge in [-0.05, 0) is 24.1 Å². The van der Waals surface area contributed by atoms with E-state index < -0.39 is 12.1 Å². The molecule has 5 nitrogen and oxygen atoms in total. The van der Waals surface area contributed by atoms with Gasteiger partial charge in [0, 0.05) is 30.8 Å². The highest BCUT2D eigenvalue weighted by molar-refractivity contribution is 5.94. The Bertz CT molecular complexity index is 766. The van der Waals surface area contributed by atoms with Crippen molar-refractivity contribution in [1.82, 2.24) is 9.88 Å². The molecule has 1 amide bonds. The highest BCUT2D eigenvalue weighted by Crippen LogP contribution is 2.31. The van der Waals surface area contributed by atoms with Crippen molar-refractivity contribution < 1.29 is 9.90 Å². The third-order valence-corrected chi connectivity index (χ3v) is 4.09. The summed E-state index contributed by atoms with van der Waals surface area (Å²) in [4.78, 5) is 24.1. The topological polar surface area (TPSA) is 71.3 Å². The van der Waals surface area contributed by atoms with Gasteiger partial charge >= 0.3 is 0 Å². The van der Waals surface area contributed by atoms with Gasteiger partial charge in [0.25, 0.3) is 11.5 Å². The Hall–Kier alpha value is -2.40. The molecule has 0 bridgehead atoms. The van der Waals surface area contributed by atoms with Gasteiger partial charge in [0.1, 0.15) is 0 Å². The molecule has 5 heteroatoms. The van der Waals surface area contributed by atoms with Crippen molar-refractivity contribution in [2.45, 2.75) is 32.0 Å². The van der Waals surface area contributed by atoms with Gasteiger partial charge in [-0.3, -0.25) is 9.59 Å². The van der Waals surface area contributed by atoms with Crippen LogP contribution in [-0.4, -0.2) is 21.7 Å². The average molecular weight is 298 g/mol. The molecule has 0 saturated heterocycles. The van der Waals surface area contributed by atoms with E-state index in [9.17, 15) is 14.7 Å². The number of hydrogen-bond acceptors (Lipinski definition) is 3. The Morgan fingerprint density at radius 1 is 1.36 bits per heavy atom. The number of nitrogens with zero attached hydrogens (tertiary/aromatic N) is 1. The number of hydrogen-bond donors (Lipinski definition) is 2. The summed E-state index contributed by atoms with van der Waals surface area (Å²) in [5.41, 5.74) is 2.08. The summed E-state index contributed by atoms with van der Waals surface area (Å²) in [6, 6.07) is 10.2. The molecule has 2 N–H and O–H groups in total. The molecule has 0 radical (unpaired) electrons. The van der Waals surface area contributed by atoms with Crippen LogP contribution in [0.3, 0.4) is 0 Å². The predicted octanol–water partition coefficient (Wildman–Crippen LogP) is 1.26. The van der Waals surface area contributed by atoms with E-state index in [1.165, 1.54) is 10.6 Å². The molecule has 0 aliphatic heterocycles.